The molecule has 2 aromatic heterocycles. The molecule has 1 aromatic carbocycles. The molecular weight excluding hydrogens is 379 g/mol. The van der Waals surface area contributed by atoms with Gasteiger partial charge in [-0.2, -0.15) is 0 Å². The summed E-state index contributed by atoms with van der Waals surface area (Å²) in [6.07, 6.45) is 5.03. The molecule has 0 atom stereocenters. The minimum Gasteiger partial charge on any atom is -0.375 e. The second-order valence-electron chi connectivity index (χ2n) is 7.59. The molecule has 2 heterocycles. The van der Waals surface area contributed by atoms with Crippen LogP contribution in [0.25, 0.3) is 22.3 Å². The smallest absolute Gasteiger partial charge is 0.273 e. The van der Waals surface area contributed by atoms with E-state index in [2.05, 4.69) is 9.97 Å². The molecule has 7 heteroatoms. The molecule has 0 N–H and O–H groups in total. The van der Waals surface area contributed by atoms with E-state index in [9.17, 15) is 9.18 Å². The molecule has 0 aliphatic heterocycles. The summed E-state index contributed by atoms with van der Waals surface area (Å²) >= 11 is 6.49. The van der Waals surface area contributed by atoms with Gasteiger partial charge in [-0.3, -0.25) is 9.36 Å². The Balaban J connectivity index is 1.91. The number of aromatic nitrogens is 3. The molecule has 5 nitrogen and oxygen atoms in total. The number of halogens is 2. The van der Waals surface area contributed by atoms with Gasteiger partial charge in [-0.1, -0.05) is 24.4 Å². The van der Waals surface area contributed by atoms with Gasteiger partial charge in [0.25, 0.3) is 5.56 Å². The lowest BCUT2D eigenvalue weighted by Gasteiger charge is -2.17. The third-order valence-electron chi connectivity index (χ3n) is 5.26. The van der Waals surface area contributed by atoms with E-state index >= 15 is 0 Å². The SMILES string of the molecule is Cc1nc2c(-c3cc(F)c(N(C)C)cc3Cl)ccnc2n(CCC2CC2)c1=O. The van der Waals surface area contributed by atoms with Gasteiger partial charge in [-0.25, -0.2) is 14.4 Å². The Bertz CT molecular complexity index is 1120. The monoisotopic (exact) mass is 400 g/mol. The molecule has 0 radical (unpaired) electrons. The molecular formula is C21H22ClFN4O. The van der Waals surface area contributed by atoms with Gasteiger partial charge in [0.1, 0.15) is 17.0 Å². The van der Waals surface area contributed by atoms with Crippen molar-refractivity contribution < 1.29 is 4.39 Å². The molecule has 4 rings (SSSR count). The summed E-state index contributed by atoms with van der Waals surface area (Å²) in [5.74, 6) is 0.328. The Labute approximate surface area is 167 Å². The first-order valence-electron chi connectivity index (χ1n) is 9.39. The lowest BCUT2D eigenvalue weighted by Crippen LogP contribution is -2.25. The van der Waals surface area contributed by atoms with Gasteiger partial charge >= 0.3 is 0 Å². The fourth-order valence-electron chi connectivity index (χ4n) is 3.49. The van der Waals surface area contributed by atoms with E-state index in [0.717, 1.165) is 6.42 Å². The minimum atomic E-state index is -0.367. The van der Waals surface area contributed by atoms with Crippen LogP contribution in [0.15, 0.2) is 29.2 Å². The van der Waals surface area contributed by atoms with E-state index in [1.54, 1.807) is 48.8 Å². The summed E-state index contributed by atoms with van der Waals surface area (Å²) in [7, 11) is 3.53. The van der Waals surface area contributed by atoms with E-state index in [1.807, 2.05) is 0 Å². The van der Waals surface area contributed by atoms with E-state index in [-0.39, 0.29) is 11.4 Å². The predicted octanol–water partition coefficient (Wildman–Crippen LogP) is 4.43. The zero-order chi connectivity index (χ0) is 20.0. The van der Waals surface area contributed by atoms with Crippen LogP contribution in [0.4, 0.5) is 10.1 Å². The molecule has 0 unspecified atom stereocenters. The van der Waals surface area contributed by atoms with Gasteiger partial charge in [-0.15, -0.1) is 0 Å². The van der Waals surface area contributed by atoms with Crippen molar-refractivity contribution in [1.82, 2.24) is 14.5 Å². The van der Waals surface area contributed by atoms with Crippen molar-refractivity contribution in [3.63, 3.8) is 0 Å². The molecule has 0 spiro atoms. The minimum absolute atomic E-state index is 0.127. The molecule has 0 amide bonds. The Morgan fingerprint density at radius 3 is 2.71 bits per heavy atom. The number of hydrogen-bond acceptors (Lipinski definition) is 4. The van der Waals surface area contributed by atoms with Crippen LogP contribution >= 0.6 is 11.6 Å². The van der Waals surface area contributed by atoms with Crippen LogP contribution in [0, 0.1) is 18.7 Å². The predicted molar refractivity (Wildman–Crippen MR) is 111 cm³/mol. The highest BCUT2D eigenvalue weighted by atomic mass is 35.5. The van der Waals surface area contributed by atoms with Gasteiger partial charge in [0.05, 0.1) is 10.7 Å². The molecule has 1 fully saturated rings. The van der Waals surface area contributed by atoms with Crippen molar-refractivity contribution >= 4 is 28.5 Å². The summed E-state index contributed by atoms with van der Waals surface area (Å²) in [4.78, 5) is 23.3. The summed E-state index contributed by atoms with van der Waals surface area (Å²) in [5, 5.41) is 0.424. The van der Waals surface area contributed by atoms with Gasteiger partial charge < -0.3 is 4.90 Å². The zero-order valence-electron chi connectivity index (χ0n) is 16.2. The number of fused-ring (bicyclic) bond motifs is 1. The van der Waals surface area contributed by atoms with Crippen LogP contribution in [0.1, 0.15) is 25.0 Å². The average Bonchev–Trinajstić information content (AvgIpc) is 3.47. The third kappa shape index (κ3) is 3.37. The van der Waals surface area contributed by atoms with Crippen LogP contribution in [0.3, 0.4) is 0 Å². The summed E-state index contributed by atoms with van der Waals surface area (Å²) < 4.78 is 16.3. The highest BCUT2D eigenvalue weighted by Gasteiger charge is 2.22. The van der Waals surface area contributed by atoms with Crippen molar-refractivity contribution in [2.45, 2.75) is 32.7 Å². The molecule has 1 saturated carbocycles. The van der Waals surface area contributed by atoms with Crippen molar-refractivity contribution in [3.05, 3.63) is 51.3 Å². The Morgan fingerprint density at radius 2 is 2.04 bits per heavy atom. The lowest BCUT2D eigenvalue weighted by molar-refractivity contribution is 0.588. The van der Waals surface area contributed by atoms with Crippen LogP contribution in [0.2, 0.25) is 5.02 Å². The highest BCUT2D eigenvalue weighted by Crippen LogP contribution is 2.36. The standard InChI is InChI=1S/C21H22ClFN4O/c1-12-21(28)27(9-7-13-4-5-13)20-19(25-12)14(6-8-24-20)15-10-17(23)18(26(2)3)11-16(15)22/h6,8,10-11,13H,4-5,7,9H2,1-3H3. The number of rotatable bonds is 5. The molecule has 1 aliphatic rings. The number of anilines is 1. The maximum Gasteiger partial charge on any atom is 0.273 e. The number of benzene rings is 1. The van der Waals surface area contributed by atoms with Gasteiger partial charge in [0.15, 0.2) is 5.65 Å². The first kappa shape index (κ1) is 18.9. The molecule has 0 bridgehead atoms. The quantitative estimate of drug-likeness (QED) is 0.636. The molecule has 3 aromatic rings. The van der Waals surface area contributed by atoms with Crippen molar-refractivity contribution in [3.8, 4) is 11.1 Å². The first-order valence-corrected chi connectivity index (χ1v) is 9.77. The Hall–Kier alpha value is -2.47. The summed E-state index contributed by atoms with van der Waals surface area (Å²) in [5.41, 5.74) is 2.98. The highest BCUT2D eigenvalue weighted by molar-refractivity contribution is 6.34. The average molecular weight is 401 g/mol. The molecule has 146 valence electrons. The number of nitrogens with zero attached hydrogens (tertiary/aromatic N) is 4. The lowest BCUT2D eigenvalue weighted by atomic mass is 10.0. The van der Waals surface area contributed by atoms with Crippen molar-refractivity contribution in [2.75, 3.05) is 19.0 Å². The third-order valence-corrected chi connectivity index (χ3v) is 5.57. The summed E-state index contributed by atoms with van der Waals surface area (Å²) in [6, 6.07) is 4.79. The fourth-order valence-corrected chi connectivity index (χ4v) is 3.75. The fraction of sp³-hybridized carbons (Fsp3) is 0.381. The number of aryl methyl sites for hydroxylation is 2. The van der Waals surface area contributed by atoms with E-state index in [0.29, 0.717) is 51.2 Å². The van der Waals surface area contributed by atoms with Gasteiger partial charge in [-0.05, 0) is 37.5 Å². The maximum absolute atomic E-state index is 14.6. The van der Waals surface area contributed by atoms with Crippen molar-refractivity contribution in [2.24, 2.45) is 5.92 Å². The van der Waals surface area contributed by atoms with E-state index in [1.165, 1.54) is 18.9 Å². The molecule has 28 heavy (non-hydrogen) atoms. The van der Waals surface area contributed by atoms with E-state index < -0.39 is 0 Å². The molecule has 1 aliphatic carbocycles. The largest absolute Gasteiger partial charge is 0.375 e. The second kappa shape index (κ2) is 7.17. The maximum atomic E-state index is 14.6. The topological polar surface area (TPSA) is 51.0 Å². The number of hydrogen-bond donors (Lipinski definition) is 0. The summed E-state index contributed by atoms with van der Waals surface area (Å²) in [6.45, 7) is 2.31. The zero-order valence-corrected chi connectivity index (χ0v) is 16.9. The van der Waals surface area contributed by atoms with Crippen LogP contribution in [-0.2, 0) is 6.54 Å². The van der Waals surface area contributed by atoms with Crippen LogP contribution in [-0.4, -0.2) is 28.6 Å². The van der Waals surface area contributed by atoms with Crippen LogP contribution in [0.5, 0.6) is 0 Å². The first-order chi connectivity index (χ1) is 13.4. The second-order valence-corrected chi connectivity index (χ2v) is 8.00. The Morgan fingerprint density at radius 1 is 1.29 bits per heavy atom. The van der Waals surface area contributed by atoms with Crippen LogP contribution < -0.4 is 10.5 Å². The van der Waals surface area contributed by atoms with Crippen molar-refractivity contribution in [1.29, 1.82) is 0 Å². The number of pyridine rings is 1. The van der Waals surface area contributed by atoms with Gasteiger partial charge in [0.2, 0.25) is 0 Å². The van der Waals surface area contributed by atoms with E-state index in [4.69, 9.17) is 11.6 Å². The normalized spacial score (nSPS) is 13.9. The Kier molecular flexibility index (Phi) is 4.83. The van der Waals surface area contributed by atoms with Gasteiger partial charge in [0, 0.05) is 38.0 Å². The molecule has 0 saturated heterocycles.